The molecule has 170 valence electrons. The predicted octanol–water partition coefficient (Wildman–Crippen LogP) is 2.89. The van der Waals surface area contributed by atoms with Gasteiger partial charge in [0.2, 0.25) is 12.7 Å². The molecule has 0 aliphatic carbocycles. The van der Waals surface area contributed by atoms with E-state index < -0.39 is 5.60 Å². The molecule has 1 N–H and O–H groups in total. The van der Waals surface area contributed by atoms with Crippen LogP contribution in [0.4, 0.5) is 10.5 Å². The van der Waals surface area contributed by atoms with Gasteiger partial charge in [0, 0.05) is 30.8 Å². The second kappa shape index (κ2) is 9.13. The third kappa shape index (κ3) is 5.88. The average Bonchev–Trinajstić information content (AvgIpc) is 3.13. The summed E-state index contributed by atoms with van der Waals surface area (Å²) < 4.78 is 16.1. The van der Waals surface area contributed by atoms with Crippen LogP contribution in [-0.4, -0.2) is 72.7 Å². The Bertz CT molecular complexity index is 856. The summed E-state index contributed by atoms with van der Waals surface area (Å²) in [6.07, 6.45) is 1.21. The smallest absolute Gasteiger partial charge is 0.410 e. The lowest BCUT2D eigenvalue weighted by Gasteiger charge is -2.37. The van der Waals surface area contributed by atoms with Crippen LogP contribution < -0.4 is 14.8 Å². The highest BCUT2D eigenvalue weighted by Gasteiger charge is 2.29. The number of ether oxygens (including phenoxy) is 3. The standard InChI is InChI=1S/C22H31N3O6/c1-14(26)16-10-18-19(30-13-29-18)11-17(16)23-20(27)12-24(5)15-6-8-25(9-7-15)21(28)31-22(2,3)4/h10-11,15H,6-9,12-13H2,1-5H3,(H,23,27). The van der Waals surface area contributed by atoms with Crippen LogP contribution in [0, 0.1) is 0 Å². The van der Waals surface area contributed by atoms with Gasteiger partial charge in [0.05, 0.1) is 12.2 Å². The Morgan fingerprint density at radius 3 is 2.35 bits per heavy atom. The van der Waals surface area contributed by atoms with Crippen molar-refractivity contribution >= 4 is 23.5 Å². The molecule has 0 saturated carbocycles. The normalized spacial score (nSPS) is 16.4. The van der Waals surface area contributed by atoms with Crippen LogP contribution in [0.2, 0.25) is 0 Å². The molecule has 0 bridgehead atoms. The minimum atomic E-state index is -0.518. The molecule has 9 heteroatoms. The van der Waals surface area contributed by atoms with E-state index in [1.807, 2.05) is 32.7 Å². The van der Waals surface area contributed by atoms with E-state index in [-0.39, 0.29) is 37.2 Å². The number of nitrogens with one attached hydrogen (secondary N) is 1. The molecule has 31 heavy (non-hydrogen) atoms. The maximum atomic E-state index is 12.6. The van der Waals surface area contributed by atoms with Crippen molar-refractivity contribution < 1.29 is 28.6 Å². The summed E-state index contributed by atoms with van der Waals surface area (Å²) in [4.78, 5) is 40.5. The quantitative estimate of drug-likeness (QED) is 0.713. The number of rotatable bonds is 5. The Morgan fingerprint density at radius 1 is 1.16 bits per heavy atom. The van der Waals surface area contributed by atoms with E-state index in [1.165, 1.54) is 6.92 Å². The molecule has 0 unspecified atom stereocenters. The Hall–Kier alpha value is -2.81. The summed E-state index contributed by atoms with van der Waals surface area (Å²) in [6.45, 7) is 8.42. The number of hydrogen-bond acceptors (Lipinski definition) is 7. The topological polar surface area (TPSA) is 97.4 Å². The number of Topliss-reactive ketones (excluding diaryl/α,β-unsaturated/α-hetero) is 1. The van der Waals surface area contributed by atoms with E-state index in [2.05, 4.69) is 5.32 Å². The van der Waals surface area contributed by atoms with Gasteiger partial charge in [-0.25, -0.2) is 4.79 Å². The molecule has 2 heterocycles. The maximum absolute atomic E-state index is 12.6. The van der Waals surface area contributed by atoms with Gasteiger partial charge >= 0.3 is 6.09 Å². The van der Waals surface area contributed by atoms with E-state index in [0.717, 1.165) is 12.8 Å². The molecule has 9 nitrogen and oxygen atoms in total. The van der Waals surface area contributed by atoms with Crippen molar-refractivity contribution in [3.8, 4) is 11.5 Å². The number of anilines is 1. The molecule has 1 fully saturated rings. The largest absolute Gasteiger partial charge is 0.454 e. The zero-order chi connectivity index (χ0) is 22.8. The van der Waals surface area contributed by atoms with Crippen LogP contribution in [0.25, 0.3) is 0 Å². The highest BCUT2D eigenvalue weighted by molar-refractivity contribution is 6.05. The van der Waals surface area contributed by atoms with Gasteiger partial charge in [0.1, 0.15) is 5.60 Å². The Morgan fingerprint density at radius 2 is 1.77 bits per heavy atom. The van der Waals surface area contributed by atoms with Crippen LogP contribution in [-0.2, 0) is 9.53 Å². The fourth-order valence-corrected chi connectivity index (χ4v) is 3.70. The highest BCUT2D eigenvalue weighted by Crippen LogP contribution is 2.37. The van der Waals surface area contributed by atoms with Crippen molar-refractivity contribution in [1.82, 2.24) is 9.80 Å². The molecule has 2 aliphatic heterocycles. The monoisotopic (exact) mass is 433 g/mol. The molecule has 2 amide bonds. The number of carbonyl (C=O) groups excluding carboxylic acids is 3. The lowest BCUT2D eigenvalue weighted by Crippen LogP contribution is -2.48. The number of likely N-dealkylation sites (tertiary alicyclic amines) is 1. The van der Waals surface area contributed by atoms with Crippen molar-refractivity contribution in [2.24, 2.45) is 0 Å². The molecule has 3 rings (SSSR count). The summed E-state index contributed by atoms with van der Waals surface area (Å²) in [7, 11) is 1.89. The maximum Gasteiger partial charge on any atom is 0.410 e. The van der Waals surface area contributed by atoms with Crippen molar-refractivity contribution in [1.29, 1.82) is 0 Å². The summed E-state index contributed by atoms with van der Waals surface area (Å²) in [5.41, 5.74) is 0.275. The van der Waals surface area contributed by atoms with Gasteiger partial charge in [-0.15, -0.1) is 0 Å². The average molecular weight is 434 g/mol. The van der Waals surface area contributed by atoms with Gasteiger partial charge in [0.25, 0.3) is 0 Å². The lowest BCUT2D eigenvalue weighted by atomic mass is 10.0. The zero-order valence-corrected chi connectivity index (χ0v) is 18.8. The van der Waals surface area contributed by atoms with Crippen LogP contribution >= 0.6 is 0 Å². The minimum Gasteiger partial charge on any atom is -0.454 e. The number of fused-ring (bicyclic) bond motifs is 1. The van der Waals surface area contributed by atoms with Gasteiger partial charge in [-0.05, 0) is 53.7 Å². The molecule has 0 atom stereocenters. The highest BCUT2D eigenvalue weighted by atomic mass is 16.7. The van der Waals surface area contributed by atoms with Crippen LogP contribution in [0.3, 0.4) is 0 Å². The first-order chi connectivity index (χ1) is 14.5. The number of amides is 2. The number of hydrogen-bond donors (Lipinski definition) is 1. The first-order valence-corrected chi connectivity index (χ1v) is 10.5. The van der Waals surface area contributed by atoms with Crippen molar-refractivity contribution in [2.45, 2.75) is 52.2 Å². The van der Waals surface area contributed by atoms with Gasteiger partial charge in [0.15, 0.2) is 17.3 Å². The fourth-order valence-electron chi connectivity index (χ4n) is 3.70. The predicted molar refractivity (Wildman–Crippen MR) is 115 cm³/mol. The van der Waals surface area contributed by atoms with E-state index in [9.17, 15) is 14.4 Å². The van der Waals surface area contributed by atoms with E-state index >= 15 is 0 Å². The first-order valence-electron chi connectivity index (χ1n) is 10.5. The Balaban J connectivity index is 1.54. The van der Waals surface area contributed by atoms with Crippen LogP contribution in [0.5, 0.6) is 11.5 Å². The summed E-state index contributed by atoms with van der Waals surface area (Å²) >= 11 is 0. The number of ketones is 1. The zero-order valence-electron chi connectivity index (χ0n) is 18.8. The van der Waals surface area contributed by atoms with Gasteiger partial charge in [-0.1, -0.05) is 0 Å². The van der Waals surface area contributed by atoms with Crippen molar-refractivity contribution in [2.75, 3.05) is 38.8 Å². The third-order valence-electron chi connectivity index (χ3n) is 5.30. The molecule has 1 aromatic carbocycles. The molecule has 0 radical (unpaired) electrons. The molecule has 1 aromatic rings. The van der Waals surface area contributed by atoms with Crippen molar-refractivity contribution in [3.63, 3.8) is 0 Å². The van der Waals surface area contributed by atoms with E-state index in [0.29, 0.717) is 35.8 Å². The number of carbonyl (C=O) groups is 3. The Kier molecular flexibility index (Phi) is 6.74. The lowest BCUT2D eigenvalue weighted by molar-refractivity contribution is -0.117. The number of nitrogens with zero attached hydrogens (tertiary/aromatic N) is 2. The fraction of sp³-hybridized carbons (Fsp3) is 0.591. The second-order valence-corrected chi connectivity index (χ2v) is 8.97. The summed E-state index contributed by atoms with van der Waals surface area (Å²) in [5.74, 6) is 0.607. The van der Waals surface area contributed by atoms with Crippen LogP contribution in [0.15, 0.2) is 12.1 Å². The van der Waals surface area contributed by atoms with E-state index in [1.54, 1.807) is 17.0 Å². The van der Waals surface area contributed by atoms with E-state index in [4.69, 9.17) is 14.2 Å². The molecule has 0 spiro atoms. The van der Waals surface area contributed by atoms with Crippen molar-refractivity contribution in [3.05, 3.63) is 17.7 Å². The molecular weight excluding hydrogens is 402 g/mol. The number of benzene rings is 1. The van der Waals surface area contributed by atoms with Gasteiger partial charge in [-0.3, -0.25) is 14.5 Å². The molecular formula is C22H31N3O6. The minimum absolute atomic E-state index is 0.0921. The summed E-state index contributed by atoms with van der Waals surface area (Å²) in [5, 5.41) is 2.82. The van der Waals surface area contributed by atoms with Gasteiger partial charge < -0.3 is 24.4 Å². The van der Waals surface area contributed by atoms with Gasteiger partial charge in [-0.2, -0.15) is 0 Å². The third-order valence-corrected chi connectivity index (χ3v) is 5.30. The number of likely N-dealkylation sites (N-methyl/N-ethyl adjacent to an activating group) is 1. The molecule has 1 saturated heterocycles. The Labute approximate surface area is 182 Å². The summed E-state index contributed by atoms with van der Waals surface area (Å²) in [6, 6.07) is 3.39. The van der Waals surface area contributed by atoms with Crippen LogP contribution in [0.1, 0.15) is 50.9 Å². The SMILES string of the molecule is CC(=O)c1cc2c(cc1NC(=O)CN(C)C1CCN(C(=O)OC(C)(C)C)CC1)OCO2. The number of piperidine rings is 1. The molecule has 0 aromatic heterocycles. The second-order valence-electron chi connectivity index (χ2n) is 8.97. The molecule has 2 aliphatic rings. The first kappa shape index (κ1) is 22.9.